The number of anilines is 1. The summed E-state index contributed by atoms with van der Waals surface area (Å²) < 4.78 is 76.2. The quantitative estimate of drug-likeness (QED) is 0.388. The van der Waals surface area contributed by atoms with Crippen molar-refractivity contribution in [2.45, 2.75) is 25.3 Å². The van der Waals surface area contributed by atoms with Crippen molar-refractivity contribution in [1.29, 1.82) is 0 Å². The highest BCUT2D eigenvalue weighted by Crippen LogP contribution is 2.26. The van der Waals surface area contributed by atoms with E-state index >= 15 is 0 Å². The van der Waals surface area contributed by atoms with Gasteiger partial charge in [0.05, 0.1) is 0 Å². The molecule has 0 unspecified atom stereocenters. The van der Waals surface area contributed by atoms with Gasteiger partial charge >= 0.3 is 15.5 Å². The molecule has 11 heteroatoms. The van der Waals surface area contributed by atoms with Crippen molar-refractivity contribution in [3.05, 3.63) is 88.9 Å². The Hall–Kier alpha value is -3.47. The summed E-state index contributed by atoms with van der Waals surface area (Å²) in [6.07, 6.45) is 2.08. The Morgan fingerprint density at radius 3 is 2.45 bits per heavy atom. The van der Waals surface area contributed by atoms with E-state index in [-0.39, 0.29) is 24.3 Å². The van der Waals surface area contributed by atoms with Crippen LogP contribution in [-0.4, -0.2) is 28.9 Å². The van der Waals surface area contributed by atoms with Crippen LogP contribution in [0.2, 0.25) is 0 Å². The van der Waals surface area contributed by atoms with Crippen molar-refractivity contribution >= 4 is 26.6 Å². The molecule has 4 rings (SSSR count). The summed E-state index contributed by atoms with van der Waals surface area (Å²) in [6.45, 7) is 1.85. The largest absolute Gasteiger partial charge is 0.516 e. The average molecular weight is 478 g/mol. The predicted molar refractivity (Wildman–Crippen MR) is 116 cm³/mol. The lowest BCUT2D eigenvalue weighted by atomic mass is 10.1. The predicted octanol–water partition coefficient (Wildman–Crippen LogP) is 4.85. The monoisotopic (exact) mass is 478 g/mol. The number of halogens is 4. The normalized spacial score (nSPS) is 12.3. The van der Waals surface area contributed by atoms with Gasteiger partial charge in [-0.1, -0.05) is 18.2 Å². The summed E-state index contributed by atoms with van der Waals surface area (Å²) in [4.78, 5) is 11.7. The van der Waals surface area contributed by atoms with Gasteiger partial charge in [0, 0.05) is 47.0 Å². The van der Waals surface area contributed by atoms with Crippen molar-refractivity contribution in [3.63, 3.8) is 0 Å². The SMILES string of the molecule is Cc1cc2c(F)c(Cc3ccnc(Cc4ccc(NS(=O)(=O)C(F)(F)F)cc4)n3)ccc2[nH]1. The van der Waals surface area contributed by atoms with Gasteiger partial charge in [-0.2, -0.15) is 21.6 Å². The van der Waals surface area contributed by atoms with E-state index in [1.54, 1.807) is 24.4 Å². The van der Waals surface area contributed by atoms with Gasteiger partial charge in [-0.05, 0) is 48.4 Å². The molecule has 2 aromatic heterocycles. The van der Waals surface area contributed by atoms with E-state index in [0.717, 1.165) is 11.2 Å². The Bertz CT molecular complexity index is 1410. The molecule has 0 aliphatic heterocycles. The summed E-state index contributed by atoms with van der Waals surface area (Å²) in [5.74, 6) is 0.129. The first-order valence-corrected chi connectivity index (χ1v) is 11.3. The fourth-order valence-corrected chi connectivity index (χ4v) is 3.96. The third kappa shape index (κ3) is 4.98. The van der Waals surface area contributed by atoms with E-state index in [2.05, 4.69) is 15.0 Å². The van der Waals surface area contributed by atoms with Gasteiger partial charge in [0.25, 0.3) is 0 Å². The van der Waals surface area contributed by atoms with Crippen LogP contribution in [0.5, 0.6) is 0 Å². The Labute approximate surface area is 186 Å². The number of aryl methyl sites for hydroxylation is 1. The first kappa shape index (κ1) is 22.7. The lowest BCUT2D eigenvalue weighted by Gasteiger charge is -2.11. The zero-order valence-corrected chi connectivity index (χ0v) is 18.1. The third-order valence-electron chi connectivity index (χ3n) is 4.96. The molecule has 4 aromatic rings. The van der Waals surface area contributed by atoms with E-state index in [1.165, 1.54) is 29.0 Å². The van der Waals surface area contributed by atoms with E-state index in [4.69, 9.17) is 0 Å². The van der Waals surface area contributed by atoms with Crippen LogP contribution in [0.4, 0.5) is 23.2 Å². The molecule has 0 aliphatic rings. The molecule has 0 saturated heterocycles. The minimum atomic E-state index is -5.48. The summed E-state index contributed by atoms with van der Waals surface area (Å²) in [5, 5.41) is 0.514. The molecule has 0 spiro atoms. The summed E-state index contributed by atoms with van der Waals surface area (Å²) in [5.41, 5.74) is -2.26. The number of hydrogen-bond donors (Lipinski definition) is 2. The molecule has 33 heavy (non-hydrogen) atoms. The maximum Gasteiger partial charge on any atom is 0.516 e. The van der Waals surface area contributed by atoms with Gasteiger partial charge in [0.2, 0.25) is 0 Å². The second kappa shape index (κ2) is 8.47. The number of hydrogen-bond acceptors (Lipinski definition) is 4. The lowest BCUT2D eigenvalue weighted by molar-refractivity contribution is -0.0429. The maximum absolute atomic E-state index is 14.9. The number of fused-ring (bicyclic) bond motifs is 1. The van der Waals surface area contributed by atoms with Gasteiger partial charge in [0.1, 0.15) is 11.6 Å². The number of alkyl halides is 3. The first-order valence-electron chi connectivity index (χ1n) is 9.77. The number of sulfonamides is 1. The molecule has 0 amide bonds. The van der Waals surface area contributed by atoms with Crippen molar-refractivity contribution in [2.24, 2.45) is 0 Å². The average Bonchev–Trinajstić information content (AvgIpc) is 3.12. The minimum Gasteiger partial charge on any atom is -0.359 e. The second-order valence-electron chi connectivity index (χ2n) is 7.52. The molecule has 0 aliphatic carbocycles. The molecular formula is C22H18F4N4O2S. The number of aromatic nitrogens is 3. The molecular weight excluding hydrogens is 460 g/mol. The molecule has 0 bridgehead atoms. The van der Waals surface area contributed by atoms with E-state index in [1.807, 2.05) is 13.0 Å². The lowest BCUT2D eigenvalue weighted by Crippen LogP contribution is -2.29. The number of benzene rings is 2. The second-order valence-corrected chi connectivity index (χ2v) is 9.19. The van der Waals surface area contributed by atoms with Crippen molar-refractivity contribution in [1.82, 2.24) is 15.0 Å². The van der Waals surface area contributed by atoms with Crippen molar-refractivity contribution in [3.8, 4) is 0 Å². The van der Waals surface area contributed by atoms with Gasteiger partial charge in [0.15, 0.2) is 0 Å². The molecule has 6 nitrogen and oxygen atoms in total. The topological polar surface area (TPSA) is 87.7 Å². The van der Waals surface area contributed by atoms with Crippen LogP contribution < -0.4 is 4.72 Å². The molecule has 172 valence electrons. The fraction of sp³-hybridized carbons (Fsp3) is 0.182. The number of H-pyrrole nitrogens is 1. The van der Waals surface area contributed by atoms with Crippen LogP contribution in [0, 0.1) is 12.7 Å². The van der Waals surface area contributed by atoms with Gasteiger partial charge in [-0.15, -0.1) is 0 Å². The standard InChI is InChI=1S/C22H18F4N4O2S/c1-13-10-18-19(28-13)7-4-15(21(18)23)12-17-8-9-27-20(29-17)11-14-2-5-16(6-3-14)30-33(31,32)22(24,25)26/h2-10,28,30H,11-12H2,1H3. The molecule has 0 atom stereocenters. The van der Waals surface area contributed by atoms with Crippen LogP contribution in [0.15, 0.2) is 54.7 Å². The van der Waals surface area contributed by atoms with Crippen molar-refractivity contribution in [2.75, 3.05) is 4.72 Å². The summed E-state index contributed by atoms with van der Waals surface area (Å²) >= 11 is 0. The highest BCUT2D eigenvalue weighted by Gasteiger charge is 2.46. The number of nitrogens with one attached hydrogen (secondary N) is 2. The Kier molecular flexibility index (Phi) is 5.83. The smallest absolute Gasteiger partial charge is 0.359 e. The summed E-state index contributed by atoms with van der Waals surface area (Å²) in [6, 6.07) is 12.4. The van der Waals surface area contributed by atoms with Gasteiger partial charge < -0.3 is 4.98 Å². The van der Waals surface area contributed by atoms with E-state index in [9.17, 15) is 26.0 Å². The number of nitrogens with zero attached hydrogens (tertiary/aromatic N) is 2. The minimum absolute atomic E-state index is 0.211. The molecule has 0 saturated carbocycles. The van der Waals surface area contributed by atoms with Crippen LogP contribution >= 0.6 is 0 Å². The van der Waals surface area contributed by atoms with Crippen LogP contribution in [-0.2, 0) is 22.9 Å². The Morgan fingerprint density at radius 1 is 1.03 bits per heavy atom. The first-order chi connectivity index (χ1) is 15.5. The van der Waals surface area contributed by atoms with Crippen LogP contribution in [0.3, 0.4) is 0 Å². The Balaban J connectivity index is 1.48. The molecule has 2 aromatic carbocycles. The number of rotatable bonds is 6. The fourth-order valence-electron chi connectivity index (χ4n) is 3.40. The van der Waals surface area contributed by atoms with Crippen LogP contribution in [0.1, 0.15) is 28.3 Å². The molecule has 2 N–H and O–H groups in total. The number of aromatic amines is 1. The van der Waals surface area contributed by atoms with Crippen molar-refractivity contribution < 1.29 is 26.0 Å². The van der Waals surface area contributed by atoms with E-state index in [0.29, 0.717) is 28.0 Å². The highest BCUT2D eigenvalue weighted by atomic mass is 32.2. The van der Waals surface area contributed by atoms with Gasteiger partial charge in [-0.3, -0.25) is 4.72 Å². The zero-order chi connectivity index (χ0) is 23.8. The Morgan fingerprint density at radius 2 is 1.76 bits per heavy atom. The zero-order valence-electron chi connectivity index (χ0n) is 17.2. The molecule has 2 heterocycles. The van der Waals surface area contributed by atoms with E-state index < -0.39 is 15.5 Å². The highest BCUT2D eigenvalue weighted by molar-refractivity contribution is 7.93. The van der Waals surface area contributed by atoms with Crippen LogP contribution in [0.25, 0.3) is 10.9 Å². The molecule has 0 fully saturated rings. The maximum atomic E-state index is 14.9. The van der Waals surface area contributed by atoms with Gasteiger partial charge in [-0.25, -0.2) is 14.4 Å². The third-order valence-corrected chi connectivity index (χ3v) is 6.07. The summed E-state index contributed by atoms with van der Waals surface area (Å²) in [7, 11) is -5.48. The molecule has 0 radical (unpaired) electrons.